The average Bonchev–Trinajstić information content (AvgIpc) is 3.46. The van der Waals surface area contributed by atoms with E-state index in [0.717, 1.165) is 29.0 Å². The van der Waals surface area contributed by atoms with Gasteiger partial charge in [-0.3, -0.25) is 14.4 Å². The predicted molar refractivity (Wildman–Crippen MR) is 106 cm³/mol. The maximum absolute atomic E-state index is 12.7. The van der Waals surface area contributed by atoms with Crippen LogP contribution in [0.2, 0.25) is 0 Å². The first kappa shape index (κ1) is 17.8. The Labute approximate surface area is 162 Å². The smallest absolute Gasteiger partial charge is 0.247 e. The highest BCUT2D eigenvalue weighted by Crippen LogP contribution is 2.35. The van der Waals surface area contributed by atoms with Crippen LogP contribution < -0.4 is 10.2 Å². The summed E-state index contributed by atoms with van der Waals surface area (Å²) in [5.41, 5.74) is 2.46. The van der Waals surface area contributed by atoms with Crippen LogP contribution >= 0.6 is 11.8 Å². The Morgan fingerprint density at radius 1 is 1.04 bits per heavy atom. The summed E-state index contributed by atoms with van der Waals surface area (Å²) in [7, 11) is 0. The van der Waals surface area contributed by atoms with Gasteiger partial charge in [0.2, 0.25) is 17.7 Å². The van der Waals surface area contributed by atoms with Crippen molar-refractivity contribution in [2.24, 2.45) is 5.92 Å². The molecule has 1 heterocycles. The number of thioether (sulfide) groups is 1. The molecule has 0 spiro atoms. The molecule has 0 bridgehead atoms. The van der Waals surface area contributed by atoms with Crippen LogP contribution in [0.5, 0.6) is 0 Å². The standard InChI is InChI=1S/C21H20N2O3S/c1-13-2-8-16(9-3-13)23-19(24)12-18(21(23)26)27-17-10-6-15(7-11-17)22-20(25)14-4-5-14/h2-3,6-11,14,18H,4-5,12H2,1H3,(H,22,25)/t18-/m1/s1. The molecule has 3 amide bonds. The van der Waals surface area contributed by atoms with Crippen molar-refractivity contribution >= 4 is 40.9 Å². The van der Waals surface area contributed by atoms with E-state index in [-0.39, 0.29) is 30.1 Å². The first-order valence-electron chi connectivity index (χ1n) is 9.02. The normalized spacial score (nSPS) is 19.4. The Hall–Kier alpha value is -2.60. The first-order valence-corrected chi connectivity index (χ1v) is 9.90. The number of hydrogen-bond acceptors (Lipinski definition) is 4. The Balaban J connectivity index is 1.42. The van der Waals surface area contributed by atoms with Crippen molar-refractivity contribution in [3.05, 3.63) is 54.1 Å². The van der Waals surface area contributed by atoms with Crippen LogP contribution in [0.3, 0.4) is 0 Å². The SMILES string of the molecule is Cc1ccc(N2C(=O)C[C@@H](Sc3ccc(NC(=O)C4CC4)cc3)C2=O)cc1. The lowest BCUT2D eigenvalue weighted by Gasteiger charge is -2.15. The van der Waals surface area contributed by atoms with Crippen LogP contribution in [-0.2, 0) is 14.4 Å². The maximum Gasteiger partial charge on any atom is 0.247 e. The van der Waals surface area contributed by atoms with Crippen molar-refractivity contribution in [1.29, 1.82) is 0 Å². The molecule has 1 saturated heterocycles. The van der Waals surface area contributed by atoms with E-state index >= 15 is 0 Å². The number of carbonyl (C=O) groups excluding carboxylic acids is 3. The molecule has 2 aromatic carbocycles. The number of anilines is 2. The molecule has 138 valence electrons. The van der Waals surface area contributed by atoms with E-state index in [9.17, 15) is 14.4 Å². The fourth-order valence-corrected chi connectivity index (χ4v) is 4.09. The summed E-state index contributed by atoms with van der Waals surface area (Å²) >= 11 is 1.39. The van der Waals surface area contributed by atoms with Gasteiger partial charge in [-0.05, 0) is 56.2 Å². The number of rotatable bonds is 5. The molecule has 1 N–H and O–H groups in total. The molecule has 0 unspecified atom stereocenters. The summed E-state index contributed by atoms with van der Waals surface area (Å²) in [6.45, 7) is 1.97. The van der Waals surface area contributed by atoms with E-state index in [1.165, 1.54) is 16.7 Å². The van der Waals surface area contributed by atoms with E-state index in [1.807, 2.05) is 43.3 Å². The third kappa shape index (κ3) is 3.90. The van der Waals surface area contributed by atoms with Crippen LogP contribution in [0.1, 0.15) is 24.8 Å². The van der Waals surface area contributed by atoms with Gasteiger partial charge in [-0.1, -0.05) is 17.7 Å². The van der Waals surface area contributed by atoms with Crippen molar-refractivity contribution in [1.82, 2.24) is 0 Å². The molecule has 1 saturated carbocycles. The summed E-state index contributed by atoms with van der Waals surface area (Å²) in [5.74, 6) is -0.121. The lowest BCUT2D eigenvalue weighted by molar-refractivity contribution is -0.121. The summed E-state index contributed by atoms with van der Waals surface area (Å²) in [5, 5.41) is 2.47. The van der Waals surface area contributed by atoms with E-state index in [2.05, 4.69) is 5.32 Å². The minimum atomic E-state index is -0.425. The third-order valence-corrected chi connectivity index (χ3v) is 5.94. The van der Waals surface area contributed by atoms with Crippen molar-refractivity contribution in [2.45, 2.75) is 36.3 Å². The highest BCUT2D eigenvalue weighted by molar-refractivity contribution is 8.00. The zero-order chi connectivity index (χ0) is 19.0. The molecule has 2 aliphatic rings. The van der Waals surface area contributed by atoms with Gasteiger partial charge in [-0.2, -0.15) is 0 Å². The van der Waals surface area contributed by atoms with Crippen LogP contribution in [0.25, 0.3) is 0 Å². The van der Waals surface area contributed by atoms with Crippen molar-refractivity contribution in [3.63, 3.8) is 0 Å². The molecule has 4 rings (SSSR count). The van der Waals surface area contributed by atoms with Gasteiger partial charge in [0, 0.05) is 22.9 Å². The van der Waals surface area contributed by atoms with Gasteiger partial charge in [0.15, 0.2) is 0 Å². The summed E-state index contributed by atoms with van der Waals surface area (Å²) in [6.07, 6.45) is 2.13. The van der Waals surface area contributed by atoms with Crippen molar-refractivity contribution in [3.8, 4) is 0 Å². The second-order valence-corrected chi connectivity index (χ2v) is 8.28. The number of nitrogens with one attached hydrogen (secondary N) is 1. The molecule has 0 aromatic heterocycles. The lowest BCUT2D eigenvalue weighted by Crippen LogP contribution is -2.31. The Kier molecular flexibility index (Phi) is 4.74. The molecule has 5 nitrogen and oxygen atoms in total. The number of nitrogens with zero attached hydrogens (tertiary/aromatic N) is 1. The van der Waals surface area contributed by atoms with Crippen molar-refractivity contribution in [2.75, 3.05) is 10.2 Å². The second-order valence-electron chi connectivity index (χ2n) is 7.00. The van der Waals surface area contributed by atoms with E-state index in [4.69, 9.17) is 0 Å². The minimum absolute atomic E-state index is 0.0701. The molecule has 2 aromatic rings. The maximum atomic E-state index is 12.7. The fraction of sp³-hybridized carbons (Fsp3) is 0.286. The molecule has 1 aliphatic carbocycles. The van der Waals surface area contributed by atoms with Crippen LogP contribution in [0, 0.1) is 12.8 Å². The molecule has 2 fully saturated rings. The predicted octanol–water partition coefficient (Wildman–Crippen LogP) is 3.77. The topological polar surface area (TPSA) is 66.5 Å². The fourth-order valence-electron chi connectivity index (χ4n) is 3.03. The van der Waals surface area contributed by atoms with Gasteiger partial charge in [-0.25, -0.2) is 4.90 Å². The van der Waals surface area contributed by atoms with E-state index in [1.54, 1.807) is 12.1 Å². The summed E-state index contributed by atoms with van der Waals surface area (Å²) in [6, 6.07) is 14.8. The quantitative estimate of drug-likeness (QED) is 0.802. The summed E-state index contributed by atoms with van der Waals surface area (Å²) < 4.78 is 0. The third-order valence-electron chi connectivity index (χ3n) is 4.75. The van der Waals surface area contributed by atoms with Gasteiger partial charge in [-0.15, -0.1) is 11.8 Å². The number of imide groups is 1. The van der Waals surface area contributed by atoms with E-state index in [0.29, 0.717) is 5.69 Å². The van der Waals surface area contributed by atoms with Gasteiger partial charge < -0.3 is 5.32 Å². The highest BCUT2D eigenvalue weighted by atomic mass is 32.2. The highest BCUT2D eigenvalue weighted by Gasteiger charge is 2.40. The summed E-state index contributed by atoms with van der Waals surface area (Å²) in [4.78, 5) is 39.1. The number of carbonyl (C=O) groups is 3. The molecule has 27 heavy (non-hydrogen) atoms. The Bertz CT molecular complexity index is 889. The second kappa shape index (κ2) is 7.19. The number of hydrogen-bond donors (Lipinski definition) is 1. The minimum Gasteiger partial charge on any atom is -0.326 e. The first-order chi connectivity index (χ1) is 13.0. The van der Waals surface area contributed by atoms with Gasteiger partial charge in [0.1, 0.15) is 0 Å². The number of benzene rings is 2. The van der Waals surface area contributed by atoms with Crippen LogP contribution in [0.15, 0.2) is 53.4 Å². The monoisotopic (exact) mass is 380 g/mol. The number of amides is 3. The Morgan fingerprint density at radius 2 is 1.70 bits per heavy atom. The molecule has 1 aliphatic heterocycles. The average molecular weight is 380 g/mol. The molecular weight excluding hydrogens is 360 g/mol. The zero-order valence-electron chi connectivity index (χ0n) is 15.0. The molecule has 0 radical (unpaired) electrons. The molecule has 1 atom stereocenters. The molecule has 6 heteroatoms. The molecular formula is C21H20N2O3S. The van der Waals surface area contributed by atoms with Crippen LogP contribution in [0.4, 0.5) is 11.4 Å². The van der Waals surface area contributed by atoms with E-state index < -0.39 is 5.25 Å². The zero-order valence-corrected chi connectivity index (χ0v) is 15.8. The van der Waals surface area contributed by atoms with Gasteiger partial charge in [0.05, 0.1) is 10.9 Å². The Morgan fingerprint density at radius 3 is 2.33 bits per heavy atom. The largest absolute Gasteiger partial charge is 0.326 e. The van der Waals surface area contributed by atoms with Gasteiger partial charge in [0.25, 0.3) is 0 Å². The van der Waals surface area contributed by atoms with Gasteiger partial charge >= 0.3 is 0 Å². The van der Waals surface area contributed by atoms with Crippen molar-refractivity contribution < 1.29 is 14.4 Å². The van der Waals surface area contributed by atoms with Crippen LogP contribution in [-0.4, -0.2) is 23.0 Å². The number of aryl methyl sites for hydroxylation is 1. The lowest BCUT2D eigenvalue weighted by atomic mass is 10.2.